The van der Waals surface area contributed by atoms with Crippen LogP contribution in [0.3, 0.4) is 0 Å². The summed E-state index contributed by atoms with van der Waals surface area (Å²) in [5.74, 6) is 0.950. The van der Waals surface area contributed by atoms with Crippen LogP contribution in [0.2, 0.25) is 5.02 Å². The van der Waals surface area contributed by atoms with E-state index < -0.39 is 29.9 Å². The van der Waals surface area contributed by atoms with Crippen LogP contribution >= 0.6 is 11.6 Å². The average Bonchev–Trinajstić information content (AvgIpc) is 3.65. The molecule has 1 saturated carbocycles. The number of nitrogens with zero attached hydrogens (tertiary/aromatic N) is 3. The molecule has 1 heterocycles. The Labute approximate surface area is 217 Å². The monoisotopic (exact) mass is 534 g/mol. The first-order chi connectivity index (χ1) is 17.4. The van der Waals surface area contributed by atoms with Crippen molar-refractivity contribution in [3.8, 4) is 34.5 Å². The molecule has 0 saturated heterocycles. The Hall–Kier alpha value is -3.40. The highest BCUT2D eigenvalue weighted by Gasteiger charge is 2.40. The van der Waals surface area contributed by atoms with E-state index in [9.17, 15) is 23.1 Å². The van der Waals surface area contributed by atoms with E-state index in [0.29, 0.717) is 29.2 Å². The molecular formula is C26H26ClF3N4O3. The molecule has 0 unspecified atom stereocenters. The molecule has 1 aliphatic rings. The van der Waals surface area contributed by atoms with Gasteiger partial charge in [0.2, 0.25) is 5.91 Å². The van der Waals surface area contributed by atoms with Gasteiger partial charge in [-0.1, -0.05) is 31.5 Å². The van der Waals surface area contributed by atoms with Crippen molar-refractivity contribution in [2.45, 2.75) is 45.8 Å². The average molecular weight is 535 g/mol. The summed E-state index contributed by atoms with van der Waals surface area (Å²) in [6, 6.07) is 11.4. The molecule has 0 atom stereocenters. The Balaban J connectivity index is 1.51. The second kappa shape index (κ2) is 10.5. The van der Waals surface area contributed by atoms with Crippen LogP contribution in [-0.2, 0) is 11.3 Å². The molecule has 1 amide bonds. The molecule has 1 aliphatic carbocycles. The Morgan fingerprint density at radius 3 is 2.41 bits per heavy atom. The first-order valence-electron chi connectivity index (χ1n) is 11.7. The van der Waals surface area contributed by atoms with Gasteiger partial charge in [0, 0.05) is 17.7 Å². The van der Waals surface area contributed by atoms with Crippen molar-refractivity contribution in [1.82, 2.24) is 20.3 Å². The maximum atomic E-state index is 12.8. The summed E-state index contributed by atoms with van der Waals surface area (Å²) in [6.45, 7) is 3.13. The number of amides is 1. The Bertz CT molecular complexity index is 1280. The van der Waals surface area contributed by atoms with Gasteiger partial charge in [-0.3, -0.25) is 4.79 Å². The van der Waals surface area contributed by atoms with E-state index in [2.05, 4.69) is 20.3 Å². The smallest absolute Gasteiger partial charge is 0.390 e. The molecule has 11 heteroatoms. The molecule has 0 aliphatic heterocycles. The van der Waals surface area contributed by atoms with Crippen LogP contribution in [0.15, 0.2) is 42.5 Å². The van der Waals surface area contributed by atoms with Crippen molar-refractivity contribution in [3.05, 3.63) is 53.1 Å². The molecule has 1 aromatic heterocycles. The fourth-order valence-electron chi connectivity index (χ4n) is 3.67. The Morgan fingerprint density at radius 1 is 1.08 bits per heavy atom. The molecule has 0 spiro atoms. The molecule has 4 rings (SSSR count). The number of aromatic hydroxyl groups is 1. The van der Waals surface area contributed by atoms with E-state index in [-0.39, 0.29) is 23.2 Å². The van der Waals surface area contributed by atoms with E-state index in [1.165, 1.54) is 26.7 Å². The van der Waals surface area contributed by atoms with Gasteiger partial charge in [-0.2, -0.15) is 23.1 Å². The zero-order valence-electron chi connectivity index (χ0n) is 20.3. The van der Waals surface area contributed by atoms with Gasteiger partial charge in [0.05, 0.1) is 23.5 Å². The number of ether oxygens (including phenoxy) is 1. The van der Waals surface area contributed by atoms with Gasteiger partial charge in [0.1, 0.15) is 5.75 Å². The number of nitrogens with one attached hydrogen (secondary N) is 1. The topological polar surface area (TPSA) is 97.2 Å². The van der Waals surface area contributed by atoms with Gasteiger partial charge in [0.15, 0.2) is 11.6 Å². The first kappa shape index (κ1) is 26.7. The Morgan fingerprint density at radius 2 is 1.76 bits per heavy atom. The predicted octanol–water partition coefficient (Wildman–Crippen LogP) is 5.95. The number of alkyl halides is 3. The Kier molecular flexibility index (Phi) is 7.59. The van der Waals surface area contributed by atoms with E-state index >= 15 is 0 Å². The normalized spacial score (nSPS) is 13.9. The standard InChI is InChI=1S/C26H26ClF3N4O3/c1-25(2,14-26(28,29)30)23(35)31-12-16-5-10-20(27)19(11-16)22-32-21(33-24(36)34-22)17-6-8-18(9-7-17)37-13-15-3-4-15/h5-11,15H,3-4,12-14H2,1-2H3,(H,31,35)(H,32,33,34,36). The number of benzene rings is 2. The molecule has 3 aromatic rings. The minimum Gasteiger partial charge on any atom is -0.493 e. The van der Waals surface area contributed by atoms with Crippen LogP contribution in [-0.4, -0.2) is 38.7 Å². The lowest BCUT2D eigenvalue weighted by Crippen LogP contribution is -2.39. The molecule has 2 aromatic carbocycles. The van der Waals surface area contributed by atoms with E-state index in [4.69, 9.17) is 16.3 Å². The van der Waals surface area contributed by atoms with Crippen LogP contribution in [0, 0.1) is 11.3 Å². The summed E-state index contributed by atoms with van der Waals surface area (Å²) in [5.41, 5.74) is -0.0643. The number of halogens is 4. The lowest BCUT2D eigenvalue weighted by atomic mass is 9.88. The number of hydrogen-bond acceptors (Lipinski definition) is 6. The van der Waals surface area contributed by atoms with E-state index in [1.807, 2.05) is 0 Å². The minimum atomic E-state index is -4.46. The lowest BCUT2D eigenvalue weighted by Gasteiger charge is -2.24. The summed E-state index contributed by atoms with van der Waals surface area (Å²) in [6.07, 6.45) is -3.32. The number of rotatable bonds is 9. The van der Waals surface area contributed by atoms with E-state index in [0.717, 1.165) is 5.75 Å². The van der Waals surface area contributed by atoms with Crippen LogP contribution in [0.5, 0.6) is 11.8 Å². The van der Waals surface area contributed by atoms with Gasteiger partial charge < -0.3 is 15.2 Å². The molecule has 196 valence electrons. The highest BCUT2D eigenvalue weighted by Crippen LogP contribution is 2.34. The largest absolute Gasteiger partial charge is 0.493 e. The summed E-state index contributed by atoms with van der Waals surface area (Å²) in [7, 11) is 0. The van der Waals surface area contributed by atoms with Crippen molar-refractivity contribution >= 4 is 17.5 Å². The second-order valence-corrected chi connectivity index (χ2v) is 10.1. The zero-order chi connectivity index (χ0) is 26.8. The third-order valence-corrected chi connectivity index (χ3v) is 6.23. The highest BCUT2D eigenvalue weighted by atomic mass is 35.5. The van der Waals surface area contributed by atoms with Crippen molar-refractivity contribution in [3.63, 3.8) is 0 Å². The fourth-order valence-corrected chi connectivity index (χ4v) is 3.87. The minimum absolute atomic E-state index is 0.0312. The first-order valence-corrected chi connectivity index (χ1v) is 12.1. The van der Waals surface area contributed by atoms with Gasteiger partial charge in [-0.05, 0) is 60.7 Å². The van der Waals surface area contributed by atoms with Gasteiger partial charge in [-0.15, -0.1) is 0 Å². The van der Waals surface area contributed by atoms with Crippen molar-refractivity contribution in [2.75, 3.05) is 6.61 Å². The molecule has 1 fully saturated rings. The molecule has 37 heavy (non-hydrogen) atoms. The summed E-state index contributed by atoms with van der Waals surface area (Å²) < 4.78 is 44.1. The highest BCUT2D eigenvalue weighted by molar-refractivity contribution is 6.33. The summed E-state index contributed by atoms with van der Waals surface area (Å²) in [4.78, 5) is 24.8. The SMILES string of the molecule is CC(C)(CC(F)(F)F)C(=O)NCc1ccc(Cl)c(-c2nc(O)nc(-c3ccc(OCC4CC4)cc3)n2)c1. The van der Waals surface area contributed by atoms with Crippen LogP contribution in [0.25, 0.3) is 22.8 Å². The van der Waals surface area contributed by atoms with Crippen LogP contribution in [0.1, 0.15) is 38.7 Å². The number of carbonyl (C=O) groups is 1. The van der Waals surface area contributed by atoms with Crippen molar-refractivity contribution < 1.29 is 27.8 Å². The summed E-state index contributed by atoms with van der Waals surface area (Å²) in [5, 5.41) is 13.0. The molecule has 0 bridgehead atoms. The number of hydrogen-bond donors (Lipinski definition) is 2. The maximum Gasteiger partial charge on any atom is 0.390 e. The molecule has 7 nitrogen and oxygen atoms in total. The quantitative estimate of drug-likeness (QED) is 0.352. The van der Waals surface area contributed by atoms with Crippen molar-refractivity contribution in [2.24, 2.45) is 11.3 Å². The van der Waals surface area contributed by atoms with Gasteiger partial charge >= 0.3 is 12.2 Å². The fraction of sp³-hybridized carbons (Fsp3) is 0.385. The third-order valence-electron chi connectivity index (χ3n) is 5.90. The van der Waals surface area contributed by atoms with Gasteiger partial charge in [-0.25, -0.2) is 4.98 Å². The molecule has 0 radical (unpaired) electrons. The van der Waals surface area contributed by atoms with E-state index in [1.54, 1.807) is 42.5 Å². The van der Waals surface area contributed by atoms with Gasteiger partial charge in [0.25, 0.3) is 0 Å². The van der Waals surface area contributed by atoms with Crippen LogP contribution in [0.4, 0.5) is 13.2 Å². The lowest BCUT2D eigenvalue weighted by molar-refractivity contribution is -0.164. The number of carbonyl (C=O) groups excluding carboxylic acids is 1. The van der Waals surface area contributed by atoms with Crippen LogP contribution < -0.4 is 10.1 Å². The predicted molar refractivity (Wildman–Crippen MR) is 132 cm³/mol. The zero-order valence-corrected chi connectivity index (χ0v) is 21.0. The summed E-state index contributed by atoms with van der Waals surface area (Å²) >= 11 is 6.36. The second-order valence-electron chi connectivity index (χ2n) is 9.73. The number of aromatic nitrogens is 3. The molecular weight excluding hydrogens is 509 g/mol. The molecule has 2 N–H and O–H groups in total. The third kappa shape index (κ3) is 7.31. The van der Waals surface area contributed by atoms with Crippen molar-refractivity contribution in [1.29, 1.82) is 0 Å². The maximum absolute atomic E-state index is 12.8.